The second-order valence-corrected chi connectivity index (χ2v) is 5.27. The maximum atomic E-state index is 11.4. The summed E-state index contributed by atoms with van der Waals surface area (Å²) in [5.41, 5.74) is 0. The van der Waals surface area contributed by atoms with Crippen LogP contribution in [0, 0.1) is 0 Å². The lowest BCUT2D eigenvalue weighted by molar-refractivity contribution is 0.0585. The first-order valence-electron chi connectivity index (χ1n) is 7.91. The van der Waals surface area contributed by atoms with Crippen LogP contribution in [0.5, 0.6) is 0 Å². The van der Waals surface area contributed by atoms with E-state index in [2.05, 4.69) is 33.6 Å². The molecular formula is C15H28N4O2. The predicted molar refractivity (Wildman–Crippen MR) is 82.0 cm³/mol. The van der Waals surface area contributed by atoms with Gasteiger partial charge < -0.3 is 4.74 Å². The van der Waals surface area contributed by atoms with Gasteiger partial charge in [0.1, 0.15) is 6.33 Å². The molecule has 0 saturated carbocycles. The van der Waals surface area contributed by atoms with E-state index in [0.717, 1.165) is 13.1 Å². The van der Waals surface area contributed by atoms with Crippen LogP contribution < -0.4 is 0 Å². The highest BCUT2D eigenvalue weighted by Crippen LogP contribution is 2.04. The topological polar surface area (TPSA) is 60.2 Å². The summed E-state index contributed by atoms with van der Waals surface area (Å²) in [5.74, 6) is -0.364. The van der Waals surface area contributed by atoms with Gasteiger partial charge in [-0.05, 0) is 25.9 Å². The van der Waals surface area contributed by atoms with E-state index in [1.165, 1.54) is 45.6 Å². The number of carbonyl (C=O) groups excluding carboxylic acids is 1. The minimum Gasteiger partial charge on any atom is -0.463 e. The van der Waals surface area contributed by atoms with Crippen LogP contribution in [0.25, 0.3) is 0 Å². The standard InChI is InChI=1S/C15H28N4O2/c1-4-6-8-10-18(11-9-7-5-2)13-19-12-16-14(17-19)15(20)21-3/h12H,4-11,13H2,1-3H3. The number of ether oxygens (including phenoxy) is 1. The van der Waals surface area contributed by atoms with Crippen LogP contribution in [0.1, 0.15) is 63.0 Å². The highest BCUT2D eigenvalue weighted by atomic mass is 16.5. The number of esters is 1. The Kier molecular flexibility index (Phi) is 8.66. The Morgan fingerprint density at radius 2 is 1.81 bits per heavy atom. The molecule has 21 heavy (non-hydrogen) atoms. The number of methoxy groups -OCH3 is 1. The van der Waals surface area contributed by atoms with E-state index in [-0.39, 0.29) is 5.82 Å². The molecule has 0 aliphatic rings. The van der Waals surface area contributed by atoms with Gasteiger partial charge in [-0.15, -0.1) is 5.10 Å². The smallest absolute Gasteiger partial charge is 0.377 e. The molecule has 0 atom stereocenters. The molecule has 0 bridgehead atoms. The van der Waals surface area contributed by atoms with Crippen molar-refractivity contribution in [3.8, 4) is 0 Å². The van der Waals surface area contributed by atoms with E-state index in [4.69, 9.17) is 0 Å². The number of hydrogen-bond acceptors (Lipinski definition) is 5. The zero-order chi connectivity index (χ0) is 15.5. The Hall–Kier alpha value is -1.43. The molecule has 120 valence electrons. The minimum atomic E-state index is -0.489. The van der Waals surface area contributed by atoms with Gasteiger partial charge >= 0.3 is 5.97 Å². The number of nitrogens with zero attached hydrogens (tertiary/aromatic N) is 4. The molecule has 1 rings (SSSR count). The molecule has 0 aliphatic carbocycles. The van der Waals surface area contributed by atoms with Crippen molar-refractivity contribution in [3.05, 3.63) is 12.2 Å². The Morgan fingerprint density at radius 3 is 2.33 bits per heavy atom. The largest absolute Gasteiger partial charge is 0.463 e. The van der Waals surface area contributed by atoms with Crippen molar-refractivity contribution in [2.45, 2.75) is 59.0 Å². The molecule has 1 aromatic rings. The fourth-order valence-corrected chi connectivity index (χ4v) is 2.18. The quantitative estimate of drug-likeness (QED) is 0.464. The first kappa shape index (κ1) is 17.6. The number of unbranched alkanes of at least 4 members (excludes halogenated alkanes) is 4. The average molecular weight is 296 g/mol. The second kappa shape index (κ2) is 10.3. The summed E-state index contributed by atoms with van der Waals surface area (Å²) in [6, 6.07) is 0. The molecule has 1 aromatic heterocycles. The van der Waals surface area contributed by atoms with Crippen molar-refractivity contribution in [1.82, 2.24) is 19.7 Å². The molecule has 0 aliphatic heterocycles. The van der Waals surface area contributed by atoms with Gasteiger partial charge in [-0.2, -0.15) is 0 Å². The molecule has 0 unspecified atom stereocenters. The summed E-state index contributed by atoms with van der Waals surface area (Å²) in [6.07, 6.45) is 8.92. The van der Waals surface area contributed by atoms with Gasteiger partial charge in [0.15, 0.2) is 0 Å². The summed E-state index contributed by atoms with van der Waals surface area (Å²) in [5, 5.41) is 4.17. The van der Waals surface area contributed by atoms with E-state index in [1.807, 2.05) is 0 Å². The zero-order valence-corrected chi connectivity index (χ0v) is 13.5. The number of aromatic nitrogens is 3. The predicted octanol–water partition coefficient (Wildman–Crippen LogP) is 2.70. The summed E-state index contributed by atoms with van der Waals surface area (Å²) in [6.45, 7) is 7.22. The first-order valence-corrected chi connectivity index (χ1v) is 7.91. The van der Waals surface area contributed by atoms with Crippen molar-refractivity contribution >= 4 is 5.97 Å². The zero-order valence-electron chi connectivity index (χ0n) is 13.5. The average Bonchev–Trinajstić information content (AvgIpc) is 2.95. The molecule has 6 nitrogen and oxygen atoms in total. The van der Waals surface area contributed by atoms with Gasteiger partial charge in [-0.1, -0.05) is 39.5 Å². The summed E-state index contributed by atoms with van der Waals surface area (Å²) < 4.78 is 6.34. The summed E-state index contributed by atoms with van der Waals surface area (Å²) >= 11 is 0. The molecule has 0 saturated heterocycles. The second-order valence-electron chi connectivity index (χ2n) is 5.27. The normalized spacial score (nSPS) is 11.0. The van der Waals surface area contributed by atoms with E-state index in [1.54, 1.807) is 11.0 Å². The van der Waals surface area contributed by atoms with Gasteiger partial charge in [0.2, 0.25) is 0 Å². The maximum Gasteiger partial charge on any atom is 0.377 e. The Morgan fingerprint density at radius 1 is 1.19 bits per heavy atom. The molecule has 0 radical (unpaired) electrons. The molecule has 0 N–H and O–H groups in total. The van der Waals surface area contributed by atoms with Crippen molar-refractivity contribution in [2.24, 2.45) is 0 Å². The Balaban J connectivity index is 2.52. The molecule has 1 heterocycles. The molecule has 0 amide bonds. The lowest BCUT2D eigenvalue weighted by Gasteiger charge is -2.21. The van der Waals surface area contributed by atoms with Crippen LogP contribution in [-0.2, 0) is 11.4 Å². The first-order chi connectivity index (χ1) is 10.2. The highest BCUT2D eigenvalue weighted by molar-refractivity contribution is 5.84. The van der Waals surface area contributed by atoms with Crippen LogP contribution in [-0.4, -0.2) is 45.8 Å². The van der Waals surface area contributed by atoms with Gasteiger partial charge in [-0.3, -0.25) is 4.90 Å². The minimum absolute atomic E-state index is 0.125. The summed E-state index contributed by atoms with van der Waals surface area (Å²) in [7, 11) is 1.34. The van der Waals surface area contributed by atoms with Crippen molar-refractivity contribution in [2.75, 3.05) is 20.2 Å². The molecule has 0 fully saturated rings. The molecule has 0 spiro atoms. The van der Waals surface area contributed by atoms with Gasteiger partial charge in [0.05, 0.1) is 13.8 Å². The Bertz CT molecular complexity index is 396. The monoisotopic (exact) mass is 296 g/mol. The third-order valence-corrected chi connectivity index (χ3v) is 3.41. The molecule has 6 heteroatoms. The van der Waals surface area contributed by atoms with E-state index >= 15 is 0 Å². The number of hydrogen-bond donors (Lipinski definition) is 0. The third kappa shape index (κ3) is 6.71. The van der Waals surface area contributed by atoms with Crippen LogP contribution in [0.4, 0.5) is 0 Å². The van der Waals surface area contributed by atoms with Crippen LogP contribution in [0.15, 0.2) is 6.33 Å². The van der Waals surface area contributed by atoms with Crippen molar-refractivity contribution in [3.63, 3.8) is 0 Å². The Labute approximate surface area is 127 Å². The van der Waals surface area contributed by atoms with Crippen LogP contribution in [0.3, 0.4) is 0 Å². The van der Waals surface area contributed by atoms with E-state index in [0.29, 0.717) is 6.67 Å². The van der Waals surface area contributed by atoms with Gasteiger partial charge in [-0.25, -0.2) is 14.5 Å². The van der Waals surface area contributed by atoms with Crippen molar-refractivity contribution in [1.29, 1.82) is 0 Å². The SMILES string of the molecule is CCCCCN(CCCCC)Cn1cnc(C(=O)OC)n1. The number of carbonyl (C=O) groups is 1. The van der Waals surface area contributed by atoms with Crippen LogP contribution >= 0.6 is 0 Å². The third-order valence-electron chi connectivity index (χ3n) is 3.41. The lowest BCUT2D eigenvalue weighted by atomic mass is 10.2. The van der Waals surface area contributed by atoms with Crippen LogP contribution in [0.2, 0.25) is 0 Å². The fourth-order valence-electron chi connectivity index (χ4n) is 2.18. The van der Waals surface area contributed by atoms with E-state index in [9.17, 15) is 4.79 Å². The molecule has 0 aromatic carbocycles. The summed E-state index contributed by atoms with van der Waals surface area (Å²) in [4.78, 5) is 17.7. The van der Waals surface area contributed by atoms with Gasteiger partial charge in [0.25, 0.3) is 5.82 Å². The highest BCUT2D eigenvalue weighted by Gasteiger charge is 2.12. The maximum absolute atomic E-state index is 11.4. The van der Waals surface area contributed by atoms with E-state index < -0.39 is 5.97 Å². The molecular weight excluding hydrogens is 268 g/mol. The lowest BCUT2D eigenvalue weighted by Crippen LogP contribution is -2.29. The van der Waals surface area contributed by atoms with Gasteiger partial charge in [0, 0.05) is 0 Å². The fraction of sp³-hybridized carbons (Fsp3) is 0.800. The van der Waals surface area contributed by atoms with Crippen molar-refractivity contribution < 1.29 is 9.53 Å². The number of rotatable bonds is 11.